The number of halogens is 4. The van der Waals surface area contributed by atoms with Crippen LogP contribution in [0, 0.1) is 6.92 Å². The van der Waals surface area contributed by atoms with Gasteiger partial charge in [0.15, 0.2) is 6.10 Å². The van der Waals surface area contributed by atoms with Gasteiger partial charge in [-0.3, -0.25) is 9.10 Å². The van der Waals surface area contributed by atoms with Crippen LogP contribution >= 0.6 is 11.6 Å². The van der Waals surface area contributed by atoms with Crippen molar-refractivity contribution in [2.75, 3.05) is 22.4 Å². The number of amides is 1. The summed E-state index contributed by atoms with van der Waals surface area (Å²) in [7, 11) is -3.63. The summed E-state index contributed by atoms with van der Waals surface area (Å²) in [6, 6.07) is 7.90. The van der Waals surface area contributed by atoms with Crippen molar-refractivity contribution in [1.29, 1.82) is 0 Å². The van der Waals surface area contributed by atoms with E-state index in [4.69, 9.17) is 16.3 Å². The van der Waals surface area contributed by atoms with Gasteiger partial charge < -0.3 is 10.1 Å². The Morgan fingerprint density at radius 2 is 1.93 bits per heavy atom. The van der Waals surface area contributed by atoms with Crippen LogP contribution in [0.3, 0.4) is 0 Å². The van der Waals surface area contributed by atoms with Crippen LogP contribution < -0.4 is 14.4 Å². The monoisotopic (exact) mass is 462 g/mol. The molecule has 0 unspecified atom stereocenters. The number of rotatable bonds is 3. The minimum Gasteiger partial charge on any atom is -0.478 e. The van der Waals surface area contributed by atoms with Gasteiger partial charge in [0.1, 0.15) is 5.75 Å². The second-order valence-electron chi connectivity index (χ2n) is 6.88. The van der Waals surface area contributed by atoms with Crippen molar-refractivity contribution in [2.24, 2.45) is 0 Å². The lowest BCUT2D eigenvalue weighted by Gasteiger charge is -2.21. The third-order valence-electron chi connectivity index (χ3n) is 4.48. The Labute approximate surface area is 176 Å². The number of nitrogens with zero attached hydrogens (tertiary/aromatic N) is 1. The number of benzene rings is 2. The van der Waals surface area contributed by atoms with Crippen molar-refractivity contribution in [2.45, 2.75) is 25.6 Å². The molecular weight excluding hydrogens is 445 g/mol. The molecule has 11 heteroatoms. The largest absolute Gasteiger partial charge is 0.478 e. The Morgan fingerprint density at radius 1 is 1.23 bits per heavy atom. The molecule has 6 nitrogen and oxygen atoms in total. The number of fused-ring (bicyclic) bond motifs is 1. The van der Waals surface area contributed by atoms with Gasteiger partial charge in [-0.05, 0) is 42.8 Å². The number of sulfonamides is 1. The number of carbonyl (C=O) groups is 1. The average molecular weight is 463 g/mol. The number of anilines is 2. The molecule has 1 N–H and O–H groups in total. The van der Waals surface area contributed by atoms with E-state index >= 15 is 0 Å². The highest BCUT2D eigenvalue weighted by Gasteiger charge is 2.34. The molecule has 0 spiro atoms. The van der Waals surface area contributed by atoms with E-state index in [1.54, 1.807) is 25.1 Å². The number of hydrogen-bond donors (Lipinski definition) is 1. The van der Waals surface area contributed by atoms with E-state index in [-0.39, 0.29) is 24.4 Å². The first-order chi connectivity index (χ1) is 13.9. The number of ether oxygens (including phenoxy) is 1. The molecule has 0 aromatic heterocycles. The smallest absolute Gasteiger partial charge is 0.417 e. The highest BCUT2D eigenvalue weighted by Crippen LogP contribution is 2.37. The molecule has 1 amide bonds. The lowest BCUT2D eigenvalue weighted by Crippen LogP contribution is -2.36. The second-order valence-corrected chi connectivity index (χ2v) is 9.20. The zero-order valence-electron chi connectivity index (χ0n) is 16.0. The van der Waals surface area contributed by atoms with Gasteiger partial charge >= 0.3 is 6.18 Å². The first-order valence-electron chi connectivity index (χ1n) is 8.79. The van der Waals surface area contributed by atoms with Gasteiger partial charge in [0.05, 0.1) is 22.5 Å². The Hall–Kier alpha value is -2.46. The fraction of sp³-hybridized carbons (Fsp3) is 0.316. The molecule has 0 radical (unpaired) electrons. The molecule has 1 aliphatic rings. The predicted octanol–water partition coefficient (Wildman–Crippen LogP) is 4.22. The third-order valence-corrected chi connectivity index (χ3v) is 5.99. The molecule has 0 saturated carbocycles. The van der Waals surface area contributed by atoms with Crippen molar-refractivity contribution in [3.63, 3.8) is 0 Å². The van der Waals surface area contributed by atoms with Gasteiger partial charge in [0, 0.05) is 18.7 Å². The zero-order valence-corrected chi connectivity index (χ0v) is 17.5. The molecule has 2 aromatic rings. The van der Waals surface area contributed by atoms with Crippen molar-refractivity contribution >= 4 is 38.9 Å². The summed E-state index contributed by atoms with van der Waals surface area (Å²) in [4.78, 5) is 12.7. The Morgan fingerprint density at radius 3 is 2.57 bits per heavy atom. The summed E-state index contributed by atoms with van der Waals surface area (Å²) in [6.45, 7) is 1.76. The number of aryl methyl sites for hydroxylation is 1. The summed E-state index contributed by atoms with van der Waals surface area (Å²) in [5.74, 6) is -0.511. The number of hydrogen-bond acceptors (Lipinski definition) is 4. The second kappa shape index (κ2) is 7.99. The Kier molecular flexibility index (Phi) is 5.92. The normalized spacial score (nSPS) is 17.0. The number of alkyl halides is 3. The molecule has 1 heterocycles. The zero-order chi connectivity index (χ0) is 22.3. The van der Waals surface area contributed by atoms with Gasteiger partial charge in [0.2, 0.25) is 10.0 Å². The maximum absolute atomic E-state index is 13.0. The summed E-state index contributed by atoms with van der Waals surface area (Å²) >= 11 is 5.60. The van der Waals surface area contributed by atoms with Crippen LogP contribution in [0.1, 0.15) is 17.5 Å². The molecule has 3 rings (SSSR count). The molecule has 1 aliphatic heterocycles. The molecular formula is C19H18ClF3N2O4S. The Bertz CT molecular complexity index is 1090. The van der Waals surface area contributed by atoms with E-state index in [1.807, 2.05) is 0 Å². The van der Waals surface area contributed by atoms with Crippen LogP contribution in [-0.2, 0) is 21.0 Å². The fourth-order valence-corrected chi connectivity index (χ4v) is 4.22. The molecule has 162 valence electrons. The first-order valence-corrected chi connectivity index (χ1v) is 11.0. The van der Waals surface area contributed by atoms with Crippen LogP contribution in [0.5, 0.6) is 5.75 Å². The SMILES string of the molecule is Cc1ccc2c(c1)N(S(C)(=O)=O)CC[C@@H](C(=O)Nc1ccc(Cl)c(C(F)(F)F)c1)O2. The number of nitrogens with one attached hydrogen (secondary N) is 1. The first kappa shape index (κ1) is 22.2. The molecule has 1 atom stereocenters. The van der Waals surface area contributed by atoms with Crippen LogP contribution in [0.25, 0.3) is 0 Å². The molecule has 0 fully saturated rings. The van der Waals surface area contributed by atoms with E-state index in [0.717, 1.165) is 28.3 Å². The minimum absolute atomic E-state index is 0.00630. The van der Waals surface area contributed by atoms with E-state index in [2.05, 4.69) is 5.32 Å². The molecule has 0 bridgehead atoms. The lowest BCUT2D eigenvalue weighted by molar-refractivity contribution is -0.137. The van der Waals surface area contributed by atoms with Crippen molar-refractivity contribution in [3.8, 4) is 5.75 Å². The Balaban J connectivity index is 1.87. The van der Waals surface area contributed by atoms with Crippen LogP contribution in [-0.4, -0.2) is 33.2 Å². The number of carbonyl (C=O) groups excluding carboxylic acids is 1. The third kappa shape index (κ3) is 4.81. The maximum atomic E-state index is 13.0. The highest BCUT2D eigenvalue weighted by molar-refractivity contribution is 7.92. The van der Waals surface area contributed by atoms with E-state index in [0.29, 0.717) is 5.69 Å². The summed E-state index contributed by atoms with van der Waals surface area (Å²) < 4.78 is 70.4. The topological polar surface area (TPSA) is 75.7 Å². The molecule has 0 saturated heterocycles. The lowest BCUT2D eigenvalue weighted by atomic mass is 10.1. The van der Waals surface area contributed by atoms with Gasteiger partial charge in [-0.1, -0.05) is 17.7 Å². The summed E-state index contributed by atoms with van der Waals surface area (Å²) in [5.41, 5.74) is -0.0742. The van der Waals surface area contributed by atoms with Gasteiger partial charge in [-0.15, -0.1) is 0 Å². The molecule has 2 aromatic carbocycles. The van der Waals surface area contributed by atoms with Crippen LogP contribution in [0.15, 0.2) is 36.4 Å². The summed E-state index contributed by atoms with van der Waals surface area (Å²) in [5, 5.41) is 1.90. The van der Waals surface area contributed by atoms with Gasteiger partial charge in [-0.25, -0.2) is 8.42 Å². The predicted molar refractivity (Wildman–Crippen MR) is 107 cm³/mol. The summed E-state index contributed by atoms with van der Waals surface area (Å²) in [6.07, 6.45) is -4.73. The van der Waals surface area contributed by atoms with Crippen LogP contribution in [0.2, 0.25) is 5.02 Å². The van der Waals surface area contributed by atoms with Gasteiger partial charge in [0.25, 0.3) is 5.91 Å². The van der Waals surface area contributed by atoms with E-state index in [1.165, 1.54) is 6.07 Å². The maximum Gasteiger partial charge on any atom is 0.417 e. The van der Waals surface area contributed by atoms with Gasteiger partial charge in [-0.2, -0.15) is 13.2 Å². The van der Waals surface area contributed by atoms with Crippen LogP contribution in [0.4, 0.5) is 24.5 Å². The average Bonchev–Trinajstić information content (AvgIpc) is 2.81. The van der Waals surface area contributed by atoms with E-state index < -0.39 is 38.8 Å². The molecule has 30 heavy (non-hydrogen) atoms. The van der Waals surface area contributed by atoms with Crippen molar-refractivity contribution in [1.82, 2.24) is 0 Å². The molecule has 0 aliphatic carbocycles. The standard InChI is InChI=1S/C19H18ClF3N2O4S/c1-11-3-6-16-15(9-11)25(30(2,27)28)8-7-17(29-16)18(26)24-12-4-5-14(20)13(10-12)19(21,22)23/h3-6,9-10,17H,7-8H2,1-2H3,(H,24,26)/t17-/m0/s1. The van der Waals surface area contributed by atoms with Crippen molar-refractivity contribution < 1.29 is 31.1 Å². The van der Waals surface area contributed by atoms with E-state index in [9.17, 15) is 26.4 Å². The highest BCUT2D eigenvalue weighted by atomic mass is 35.5. The quantitative estimate of drug-likeness (QED) is 0.741. The van der Waals surface area contributed by atoms with Crippen molar-refractivity contribution in [3.05, 3.63) is 52.5 Å². The fourth-order valence-electron chi connectivity index (χ4n) is 3.06. The minimum atomic E-state index is -4.68.